The highest BCUT2D eigenvalue weighted by Gasteiger charge is 2.07. The summed E-state index contributed by atoms with van der Waals surface area (Å²) in [5.74, 6) is 0. The van der Waals surface area contributed by atoms with Crippen LogP contribution in [0.2, 0.25) is 0 Å². The first-order chi connectivity index (χ1) is 8.19. The van der Waals surface area contributed by atoms with Gasteiger partial charge in [-0.25, -0.2) is 4.98 Å². The predicted molar refractivity (Wildman–Crippen MR) is 73.6 cm³/mol. The van der Waals surface area contributed by atoms with Crippen molar-refractivity contribution in [3.8, 4) is 0 Å². The summed E-state index contributed by atoms with van der Waals surface area (Å²) in [7, 11) is 1.97. The molecule has 0 bridgehead atoms. The SMILES string of the molecule is CNCc1sc(Cc2ccc(C)cc2)nc1C. The zero-order valence-electron chi connectivity index (χ0n) is 10.6. The van der Waals surface area contributed by atoms with Gasteiger partial charge in [0, 0.05) is 17.8 Å². The molecule has 0 aliphatic carbocycles. The average Bonchev–Trinajstić information content (AvgIpc) is 2.63. The monoisotopic (exact) mass is 246 g/mol. The van der Waals surface area contributed by atoms with Gasteiger partial charge in [-0.1, -0.05) is 29.8 Å². The largest absolute Gasteiger partial charge is 0.315 e. The van der Waals surface area contributed by atoms with E-state index in [0.29, 0.717) is 0 Å². The van der Waals surface area contributed by atoms with E-state index in [1.54, 1.807) is 0 Å². The maximum Gasteiger partial charge on any atom is 0.0975 e. The summed E-state index contributed by atoms with van der Waals surface area (Å²) in [6.45, 7) is 5.11. The molecule has 1 N–H and O–H groups in total. The Morgan fingerprint density at radius 1 is 1.18 bits per heavy atom. The Morgan fingerprint density at radius 3 is 2.53 bits per heavy atom. The van der Waals surface area contributed by atoms with Crippen molar-refractivity contribution >= 4 is 11.3 Å². The number of nitrogens with one attached hydrogen (secondary N) is 1. The average molecular weight is 246 g/mol. The van der Waals surface area contributed by atoms with Crippen molar-refractivity contribution in [1.29, 1.82) is 0 Å². The van der Waals surface area contributed by atoms with Crippen molar-refractivity contribution < 1.29 is 0 Å². The fourth-order valence-electron chi connectivity index (χ4n) is 1.77. The molecule has 0 amide bonds. The number of rotatable bonds is 4. The number of nitrogens with zero attached hydrogens (tertiary/aromatic N) is 1. The van der Waals surface area contributed by atoms with Gasteiger partial charge < -0.3 is 5.32 Å². The Labute approximate surface area is 107 Å². The van der Waals surface area contributed by atoms with Crippen molar-refractivity contribution in [3.63, 3.8) is 0 Å². The minimum absolute atomic E-state index is 0.914. The Morgan fingerprint density at radius 2 is 1.88 bits per heavy atom. The first-order valence-electron chi connectivity index (χ1n) is 5.84. The van der Waals surface area contributed by atoms with E-state index < -0.39 is 0 Å². The first kappa shape index (κ1) is 12.3. The van der Waals surface area contributed by atoms with Crippen LogP contribution in [-0.2, 0) is 13.0 Å². The summed E-state index contributed by atoms with van der Waals surface area (Å²) in [6, 6.07) is 8.68. The molecule has 0 saturated carbocycles. The van der Waals surface area contributed by atoms with E-state index in [0.717, 1.165) is 18.7 Å². The normalized spacial score (nSPS) is 10.8. The molecule has 0 aliphatic heterocycles. The molecule has 1 heterocycles. The molecule has 2 rings (SSSR count). The molecule has 17 heavy (non-hydrogen) atoms. The van der Waals surface area contributed by atoms with Gasteiger partial charge in [0.1, 0.15) is 0 Å². The molecule has 0 spiro atoms. The highest BCUT2D eigenvalue weighted by Crippen LogP contribution is 2.20. The first-order valence-corrected chi connectivity index (χ1v) is 6.66. The third-order valence-corrected chi connectivity index (χ3v) is 3.91. The summed E-state index contributed by atoms with van der Waals surface area (Å²) in [6.07, 6.45) is 0.940. The highest BCUT2D eigenvalue weighted by molar-refractivity contribution is 7.11. The second-order valence-electron chi connectivity index (χ2n) is 4.31. The van der Waals surface area contributed by atoms with E-state index in [4.69, 9.17) is 0 Å². The maximum atomic E-state index is 4.63. The summed E-state index contributed by atoms with van der Waals surface area (Å²) < 4.78 is 0. The number of benzene rings is 1. The Kier molecular flexibility index (Phi) is 3.92. The molecule has 1 aromatic carbocycles. The minimum Gasteiger partial charge on any atom is -0.315 e. The van der Waals surface area contributed by atoms with Crippen LogP contribution in [0.5, 0.6) is 0 Å². The quantitative estimate of drug-likeness (QED) is 0.897. The van der Waals surface area contributed by atoms with Crippen LogP contribution in [0.4, 0.5) is 0 Å². The fraction of sp³-hybridized carbons (Fsp3) is 0.357. The summed E-state index contributed by atoms with van der Waals surface area (Å²) >= 11 is 1.81. The van der Waals surface area contributed by atoms with Gasteiger partial charge in [-0.3, -0.25) is 0 Å². The zero-order valence-corrected chi connectivity index (χ0v) is 11.4. The molecule has 2 nitrogen and oxygen atoms in total. The maximum absolute atomic E-state index is 4.63. The molecule has 3 heteroatoms. The Hall–Kier alpha value is -1.19. The van der Waals surface area contributed by atoms with Crippen LogP contribution in [-0.4, -0.2) is 12.0 Å². The number of hydrogen-bond acceptors (Lipinski definition) is 3. The third-order valence-electron chi connectivity index (χ3n) is 2.75. The van der Waals surface area contributed by atoms with Crippen LogP contribution in [0.25, 0.3) is 0 Å². The van der Waals surface area contributed by atoms with Gasteiger partial charge in [-0.15, -0.1) is 11.3 Å². The molecule has 0 unspecified atom stereocenters. The molecular weight excluding hydrogens is 228 g/mol. The molecule has 0 radical (unpaired) electrons. The zero-order chi connectivity index (χ0) is 12.3. The van der Waals surface area contributed by atoms with Crippen molar-refractivity contribution in [1.82, 2.24) is 10.3 Å². The van der Waals surface area contributed by atoms with Crippen LogP contribution >= 0.6 is 11.3 Å². The molecule has 1 aromatic heterocycles. The molecule has 0 atom stereocenters. The molecule has 90 valence electrons. The van der Waals surface area contributed by atoms with Crippen molar-refractivity contribution in [2.45, 2.75) is 26.8 Å². The van der Waals surface area contributed by atoms with Crippen molar-refractivity contribution in [2.24, 2.45) is 0 Å². The number of hydrogen-bond donors (Lipinski definition) is 1. The predicted octanol–water partition coefficient (Wildman–Crippen LogP) is 3.07. The molecule has 2 aromatic rings. The van der Waals surface area contributed by atoms with E-state index in [9.17, 15) is 0 Å². The fourth-order valence-corrected chi connectivity index (χ4v) is 2.88. The number of thiazole rings is 1. The third kappa shape index (κ3) is 3.14. The van der Waals surface area contributed by atoms with E-state index >= 15 is 0 Å². The summed E-state index contributed by atoms with van der Waals surface area (Å²) in [5, 5.41) is 4.39. The molecule has 0 saturated heterocycles. The molecular formula is C14H18N2S. The van der Waals surface area contributed by atoms with Gasteiger partial charge in [0.2, 0.25) is 0 Å². The second-order valence-corrected chi connectivity index (χ2v) is 5.48. The second kappa shape index (κ2) is 5.43. The lowest BCUT2D eigenvalue weighted by molar-refractivity contribution is 0.822. The summed E-state index contributed by atoms with van der Waals surface area (Å²) in [5.41, 5.74) is 3.80. The van der Waals surface area contributed by atoms with Crippen LogP contribution in [0, 0.1) is 13.8 Å². The van der Waals surface area contributed by atoms with E-state index in [1.165, 1.54) is 21.0 Å². The highest BCUT2D eigenvalue weighted by atomic mass is 32.1. The molecule has 0 aliphatic rings. The Bertz CT molecular complexity index is 485. The lowest BCUT2D eigenvalue weighted by atomic mass is 10.1. The van der Waals surface area contributed by atoms with Crippen LogP contribution in [0.1, 0.15) is 26.7 Å². The van der Waals surface area contributed by atoms with E-state index in [2.05, 4.69) is 48.4 Å². The van der Waals surface area contributed by atoms with Gasteiger partial charge in [0.15, 0.2) is 0 Å². The minimum atomic E-state index is 0.914. The number of aryl methyl sites for hydroxylation is 2. The van der Waals surface area contributed by atoms with Crippen molar-refractivity contribution in [3.05, 3.63) is 51.0 Å². The van der Waals surface area contributed by atoms with Gasteiger partial charge in [0.05, 0.1) is 10.7 Å². The lowest BCUT2D eigenvalue weighted by Crippen LogP contribution is -2.04. The van der Waals surface area contributed by atoms with E-state index in [-0.39, 0.29) is 0 Å². The van der Waals surface area contributed by atoms with E-state index in [1.807, 2.05) is 18.4 Å². The van der Waals surface area contributed by atoms with Crippen molar-refractivity contribution in [2.75, 3.05) is 7.05 Å². The standard InChI is InChI=1S/C14H18N2S/c1-10-4-6-12(7-5-10)8-14-16-11(2)13(17-14)9-15-3/h4-7,15H,8-9H2,1-3H3. The van der Waals surface area contributed by atoms with Gasteiger partial charge in [0.25, 0.3) is 0 Å². The lowest BCUT2D eigenvalue weighted by Gasteiger charge is -1.98. The van der Waals surface area contributed by atoms with Gasteiger partial charge >= 0.3 is 0 Å². The van der Waals surface area contributed by atoms with Crippen LogP contribution in [0.15, 0.2) is 24.3 Å². The summed E-state index contributed by atoms with van der Waals surface area (Å²) in [4.78, 5) is 5.97. The van der Waals surface area contributed by atoms with Crippen LogP contribution in [0.3, 0.4) is 0 Å². The van der Waals surface area contributed by atoms with Crippen LogP contribution < -0.4 is 5.32 Å². The topological polar surface area (TPSA) is 24.9 Å². The smallest absolute Gasteiger partial charge is 0.0975 e. The molecule has 0 fully saturated rings. The Balaban J connectivity index is 2.13. The van der Waals surface area contributed by atoms with Gasteiger partial charge in [-0.05, 0) is 26.5 Å². The number of aromatic nitrogens is 1. The van der Waals surface area contributed by atoms with Gasteiger partial charge in [-0.2, -0.15) is 0 Å².